The molecule has 0 aromatic heterocycles. The smallest absolute Gasteiger partial charge is 0.231 e. The Morgan fingerprint density at radius 1 is 1.56 bits per heavy atom. The van der Waals surface area contributed by atoms with Crippen molar-refractivity contribution in [2.75, 3.05) is 11.4 Å². The van der Waals surface area contributed by atoms with Crippen molar-refractivity contribution in [2.45, 2.75) is 13.3 Å². The molecule has 84 valence electrons. The summed E-state index contributed by atoms with van der Waals surface area (Å²) in [6, 6.07) is 7.84. The van der Waals surface area contributed by atoms with Crippen LogP contribution in [-0.2, 0) is 11.2 Å². The van der Waals surface area contributed by atoms with Crippen molar-refractivity contribution in [3.05, 3.63) is 29.8 Å². The topological polar surface area (TPSA) is 46.3 Å². The van der Waals surface area contributed by atoms with E-state index in [1.54, 1.807) is 4.90 Å². The molecule has 0 bridgehead atoms. The Bertz CT molecular complexity index is 444. The third kappa shape index (κ3) is 1.93. The second-order valence-corrected chi connectivity index (χ2v) is 4.58. The number of nitrogens with zero attached hydrogens (tertiary/aromatic N) is 1. The van der Waals surface area contributed by atoms with E-state index in [4.69, 9.17) is 18.0 Å². The van der Waals surface area contributed by atoms with Crippen molar-refractivity contribution in [2.24, 2.45) is 11.7 Å². The van der Waals surface area contributed by atoms with Gasteiger partial charge in [-0.2, -0.15) is 0 Å². The van der Waals surface area contributed by atoms with Gasteiger partial charge in [0.15, 0.2) is 0 Å². The average Bonchev–Trinajstić information content (AvgIpc) is 2.55. The van der Waals surface area contributed by atoms with Gasteiger partial charge in [0.1, 0.15) is 0 Å². The molecule has 0 aliphatic carbocycles. The molecule has 1 atom stereocenters. The minimum Gasteiger partial charge on any atom is -0.393 e. The van der Waals surface area contributed by atoms with Crippen LogP contribution in [0.1, 0.15) is 12.5 Å². The molecule has 1 aliphatic heterocycles. The van der Waals surface area contributed by atoms with E-state index in [1.165, 1.54) is 0 Å². The average molecular weight is 234 g/mol. The summed E-state index contributed by atoms with van der Waals surface area (Å²) in [7, 11) is 0. The van der Waals surface area contributed by atoms with Gasteiger partial charge in [-0.15, -0.1) is 0 Å². The van der Waals surface area contributed by atoms with E-state index in [2.05, 4.69) is 0 Å². The van der Waals surface area contributed by atoms with Crippen LogP contribution in [0.4, 0.5) is 5.69 Å². The molecule has 1 aromatic rings. The second-order valence-electron chi connectivity index (χ2n) is 4.11. The molecule has 2 rings (SSSR count). The molecule has 1 aromatic carbocycles. The van der Waals surface area contributed by atoms with Gasteiger partial charge in [-0.1, -0.05) is 37.3 Å². The summed E-state index contributed by atoms with van der Waals surface area (Å²) in [5.41, 5.74) is 7.65. The number of carbonyl (C=O) groups is 1. The maximum Gasteiger partial charge on any atom is 0.231 e. The Morgan fingerprint density at radius 2 is 2.25 bits per heavy atom. The highest BCUT2D eigenvalue weighted by molar-refractivity contribution is 7.80. The van der Waals surface area contributed by atoms with Gasteiger partial charge >= 0.3 is 0 Å². The quantitative estimate of drug-likeness (QED) is 0.806. The molecule has 1 heterocycles. The van der Waals surface area contributed by atoms with Crippen LogP contribution in [0.2, 0.25) is 0 Å². The molecule has 0 saturated heterocycles. The van der Waals surface area contributed by atoms with Crippen molar-refractivity contribution < 1.29 is 4.79 Å². The summed E-state index contributed by atoms with van der Waals surface area (Å²) in [4.78, 5) is 14.1. The molecule has 2 N–H and O–H groups in total. The normalized spacial score (nSPS) is 16.1. The third-order valence-electron chi connectivity index (χ3n) is 2.87. The number of para-hydroxylation sites is 1. The van der Waals surface area contributed by atoms with E-state index in [9.17, 15) is 4.79 Å². The van der Waals surface area contributed by atoms with Crippen LogP contribution in [0, 0.1) is 5.92 Å². The maximum atomic E-state index is 11.8. The van der Waals surface area contributed by atoms with E-state index < -0.39 is 0 Å². The Balaban J connectivity index is 2.22. The Kier molecular flexibility index (Phi) is 2.92. The van der Waals surface area contributed by atoms with E-state index >= 15 is 0 Å². The number of carbonyl (C=O) groups excluding carboxylic acids is 1. The molecular weight excluding hydrogens is 220 g/mol. The highest BCUT2D eigenvalue weighted by Crippen LogP contribution is 2.28. The van der Waals surface area contributed by atoms with Crippen LogP contribution in [0.15, 0.2) is 24.3 Å². The fraction of sp³-hybridized carbons (Fsp3) is 0.333. The van der Waals surface area contributed by atoms with Crippen molar-refractivity contribution in [3.63, 3.8) is 0 Å². The van der Waals surface area contributed by atoms with Crippen molar-refractivity contribution in [3.8, 4) is 0 Å². The lowest BCUT2D eigenvalue weighted by atomic mass is 10.1. The van der Waals surface area contributed by atoms with Gasteiger partial charge in [0.25, 0.3) is 0 Å². The minimum absolute atomic E-state index is 0.0464. The first-order chi connectivity index (χ1) is 7.59. The molecule has 0 fully saturated rings. The number of hydrogen-bond acceptors (Lipinski definition) is 2. The number of benzene rings is 1. The van der Waals surface area contributed by atoms with Crippen LogP contribution < -0.4 is 10.6 Å². The molecule has 0 spiro atoms. The molecule has 1 aliphatic rings. The first-order valence-corrected chi connectivity index (χ1v) is 5.68. The summed E-state index contributed by atoms with van der Waals surface area (Å²) in [6.07, 6.45) is 0.486. The zero-order valence-corrected chi connectivity index (χ0v) is 9.96. The first kappa shape index (κ1) is 11.1. The Morgan fingerprint density at radius 3 is 2.94 bits per heavy atom. The van der Waals surface area contributed by atoms with Gasteiger partial charge in [-0.05, 0) is 11.6 Å². The third-order valence-corrected chi connectivity index (χ3v) is 3.27. The van der Waals surface area contributed by atoms with Crippen LogP contribution in [0.3, 0.4) is 0 Å². The zero-order valence-electron chi connectivity index (χ0n) is 9.14. The molecule has 4 heteroatoms. The number of anilines is 1. The predicted octanol–water partition coefficient (Wildman–Crippen LogP) is 1.50. The van der Waals surface area contributed by atoms with E-state index in [0.29, 0.717) is 18.0 Å². The van der Waals surface area contributed by atoms with E-state index in [0.717, 1.165) is 11.3 Å². The monoisotopic (exact) mass is 234 g/mol. The number of thiocarbonyl (C=S) groups is 1. The summed E-state index contributed by atoms with van der Waals surface area (Å²) < 4.78 is 0. The summed E-state index contributed by atoms with van der Waals surface area (Å²) >= 11 is 4.93. The number of rotatable bonds is 3. The lowest BCUT2D eigenvalue weighted by Crippen LogP contribution is -2.35. The maximum absolute atomic E-state index is 11.8. The summed E-state index contributed by atoms with van der Waals surface area (Å²) in [5, 5.41) is 0. The van der Waals surface area contributed by atoms with Crippen molar-refractivity contribution in [1.29, 1.82) is 0 Å². The molecule has 1 unspecified atom stereocenters. The van der Waals surface area contributed by atoms with Crippen LogP contribution in [0.5, 0.6) is 0 Å². The molecular formula is C12H14N2OS. The standard InChI is InChI=1S/C12H14N2OS/c1-8(12(13)16)7-14-10-5-3-2-4-9(10)6-11(14)15/h2-5,8H,6-7H2,1H3,(H2,13,16). The Labute approximate surface area is 100 Å². The minimum atomic E-state index is 0.0464. The van der Waals surface area contributed by atoms with Gasteiger partial charge < -0.3 is 10.6 Å². The largest absolute Gasteiger partial charge is 0.393 e. The first-order valence-electron chi connectivity index (χ1n) is 5.27. The van der Waals surface area contributed by atoms with Crippen LogP contribution in [0.25, 0.3) is 0 Å². The van der Waals surface area contributed by atoms with Gasteiger partial charge in [0.05, 0.1) is 11.4 Å². The van der Waals surface area contributed by atoms with Crippen LogP contribution >= 0.6 is 12.2 Å². The fourth-order valence-corrected chi connectivity index (χ4v) is 1.95. The van der Waals surface area contributed by atoms with E-state index in [-0.39, 0.29) is 11.8 Å². The lowest BCUT2D eigenvalue weighted by molar-refractivity contribution is -0.117. The van der Waals surface area contributed by atoms with Gasteiger partial charge in [-0.3, -0.25) is 4.79 Å². The highest BCUT2D eigenvalue weighted by Gasteiger charge is 2.28. The molecule has 3 nitrogen and oxygen atoms in total. The second kappa shape index (κ2) is 4.22. The Hall–Kier alpha value is -1.42. The van der Waals surface area contributed by atoms with Gasteiger partial charge in [0, 0.05) is 18.2 Å². The summed E-state index contributed by atoms with van der Waals surface area (Å²) in [6.45, 7) is 2.52. The van der Waals surface area contributed by atoms with Crippen LogP contribution in [-0.4, -0.2) is 17.4 Å². The number of nitrogens with two attached hydrogens (primary N) is 1. The predicted molar refractivity (Wildman–Crippen MR) is 68.4 cm³/mol. The van der Waals surface area contributed by atoms with Gasteiger partial charge in [0.2, 0.25) is 5.91 Å². The number of hydrogen-bond donors (Lipinski definition) is 1. The van der Waals surface area contributed by atoms with E-state index in [1.807, 2.05) is 31.2 Å². The molecule has 0 saturated carbocycles. The van der Waals surface area contributed by atoms with Crippen molar-refractivity contribution in [1.82, 2.24) is 0 Å². The lowest BCUT2D eigenvalue weighted by Gasteiger charge is -2.21. The molecule has 1 amide bonds. The summed E-state index contributed by atoms with van der Waals surface area (Å²) in [5.74, 6) is 0.175. The molecule has 0 radical (unpaired) electrons. The number of fused-ring (bicyclic) bond motifs is 1. The highest BCUT2D eigenvalue weighted by atomic mass is 32.1. The zero-order chi connectivity index (χ0) is 11.7. The fourth-order valence-electron chi connectivity index (χ4n) is 1.88. The SMILES string of the molecule is CC(CN1C(=O)Cc2ccccc21)C(N)=S. The van der Waals surface area contributed by atoms with Gasteiger partial charge in [-0.25, -0.2) is 0 Å². The van der Waals surface area contributed by atoms with Crippen molar-refractivity contribution >= 4 is 28.8 Å². The number of amides is 1. The molecule has 16 heavy (non-hydrogen) atoms.